The van der Waals surface area contributed by atoms with Gasteiger partial charge in [0.05, 0.1) is 0 Å². The molecule has 2 unspecified atom stereocenters. The van der Waals surface area contributed by atoms with Gasteiger partial charge >= 0.3 is 146 Å². The Morgan fingerprint density at radius 2 is 0.667 bits per heavy atom. The number of hydrogen-bond donors (Lipinski definition) is 0. The third-order valence-electron chi connectivity index (χ3n) is 4.06. The molecule has 0 aliphatic carbocycles. The van der Waals surface area contributed by atoms with Gasteiger partial charge in [0, 0.05) is 0 Å². The van der Waals surface area contributed by atoms with Crippen LogP contribution in [-0.4, -0.2) is 45.9 Å². The van der Waals surface area contributed by atoms with Crippen LogP contribution in [0.1, 0.15) is 9.81 Å². The second kappa shape index (κ2) is 6.37. The zero-order valence-electron chi connectivity index (χ0n) is 16.5. The third-order valence-corrected chi connectivity index (χ3v) is 58.9. The van der Waals surface area contributed by atoms with Crippen LogP contribution >= 0.6 is 11.7 Å². The van der Waals surface area contributed by atoms with E-state index < -0.39 is 32.3 Å². The van der Waals surface area contributed by atoms with Crippen molar-refractivity contribution in [3.8, 4) is 0 Å². The predicted molar refractivity (Wildman–Crippen MR) is 120 cm³/mol. The molecular weight excluding hydrogens is 421 g/mol. The van der Waals surface area contributed by atoms with E-state index in [2.05, 4.69) is 78.6 Å². The molecule has 1 aromatic heterocycles. The predicted octanol–water partition coefficient (Wildman–Crippen LogP) is 7.31. The first-order valence-corrected chi connectivity index (χ1v) is 30.5. The zero-order chi connectivity index (χ0) is 17.0. The summed E-state index contributed by atoms with van der Waals surface area (Å²) >= 11 is 1.10. The van der Waals surface area contributed by atoms with Crippen molar-refractivity contribution in [3.05, 3.63) is 0 Å². The molecule has 0 saturated heterocycles. The Hall–Kier alpha value is 1.99. The van der Waals surface area contributed by atoms with Crippen molar-refractivity contribution in [2.75, 3.05) is 0 Å². The Morgan fingerprint density at radius 1 is 0.476 bits per heavy atom. The summed E-state index contributed by atoms with van der Waals surface area (Å²) in [5.41, 5.74) is 0. The van der Waals surface area contributed by atoms with E-state index >= 15 is 0 Å². The minimum atomic E-state index is -0.975. The van der Waals surface area contributed by atoms with Crippen molar-refractivity contribution in [3.63, 3.8) is 0 Å². The molecule has 7 heteroatoms. The van der Waals surface area contributed by atoms with E-state index in [0.29, 0.717) is 11.7 Å². The molecule has 0 saturated carbocycles. The second-order valence-electron chi connectivity index (χ2n) is 11.0. The normalized spacial score (nSPS) is 17.2. The maximum atomic E-state index is 2.68. The van der Waals surface area contributed by atoms with Gasteiger partial charge in [0.25, 0.3) is 0 Å². The van der Waals surface area contributed by atoms with Crippen molar-refractivity contribution in [2.45, 2.75) is 88.4 Å². The van der Waals surface area contributed by atoms with Crippen LogP contribution in [0.3, 0.4) is 0 Å². The van der Waals surface area contributed by atoms with Crippen molar-refractivity contribution < 1.29 is 0 Å². The van der Waals surface area contributed by atoms with E-state index in [4.69, 9.17) is 0 Å². The zero-order valence-corrected chi connectivity index (χ0v) is 24.0. The molecular formula is C14H38P2SeSi4. The fraction of sp³-hybridized carbons (Fsp3) is 1.00. The molecule has 0 fully saturated rings. The first-order chi connectivity index (χ1) is 8.97. The summed E-state index contributed by atoms with van der Waals surface area (Å²) in [6, 6.07) is 0. The third kappa shape index (κ3) is 5.49. The Kier molecular flexibility index (Phi) is 6.38. The topological polar surface area (TPSA) is 0 Å². The average Bonchev–Trinajstić information content (AvgIpc) is 2.71. The summed E-state index contributed by atoms with van der Waals surface area (Å²) < 4.78 is 0. The molecule has 0 bridgehead atoms. The summed E-state index contributed by atoms with van der Waals surface area (Å²) in [6.45, 7) is 32.1. The van der Waals surface area contributed by atoms with E-state index in [1.807, 2.05) is 0 Å². The van der Waals surface area contributed by atoms with Crippen LogP contribution in [0.15, 0.2) is 0 Å². The van der Waals surface area contributed by atoms with E-state index in [9.17, 15) is 0 Å². The minimum absolute atomic E-state index is 0.499. The molecule has 0 amide bonds. The first kappa shape index (κ1) is 21.0. The molecule has 1 heterocycles. The van der Waals surface area contributed by atoms with Crippen molar-refractivity contribution in [2.24, 2.45) is 0 Å². The van der Waals surface area contributed by atoms with Crippen LogP contribution in [0.2, 0.25) is 78.6 Å². The molecule has 0 N–H and O–H groups in total. The molecule has 0 spiro atoms. The Balaban J connectivity index is 3.24. The van der Waals surface area contributed by atoms with Crippen LogP contribution in [0.5, 0.6) is 0 Å². The van der Waals surface area contributed by atoms with Gasteiger partial charge in [-0.1, -0.05) is 0 Å². The Labute approximate surface area is 145 Å². The van der Waals surface area contributed by atoms with Crippen molar-refractivity contribution in [1.29, 1.82) is 0 Å². The SMILES string of the molecule is C[Si](C)(C)C(p1[se]p1C([Si](C)(C)C)[Si](C)(C)C)[Si](C)(C)C. The van der Waals surface area contributed by atoms with E-state index in [-0.39, 0.29) is 0 Å². The monoisotopic (exact) mass is 460 g/mol. The van der Waals surface area contributed by atoms with Crippen LogP contribution < -0.4 is 0 Å². The van der Waals surface area contributed by atoms with Gasteiger partial charge in [-0.15, -0.1) is 0 Å². The summed E-state index contributed by atoms with van der Waals surface area (Å²) in [4.78, 5) is 2.50. The molecule has 126 valence electrons. The van der Waals surface area contributed by atoms with E-state index in [1.165, 1.54) is 9.81 Å². The number of rotatable bonds is 6. The molecule has 21 heavy (non-hydrogen) atoms. The Morgan fingerprint density at radius 3 is 0.810 bits per heavy atom. The van der Waals surface area contributed by atoms with Gasteiger partial charge in [-0.2, -0.15) is 0 Å². The van der Waals surface area contributed by atoms with Gasteiger partial charge in [-0.05, 0) is 0 Å². The quantitative estimate of drug-likeness (QED) is 0.391. The molecule has 0 aliphatic rings. The number of hydrogen-bond acceptors (Lipinski definition) is 0. The molecule has 0 nitrogen and oxygen atoms in total. The van der Waals surface area contributed by atoms with Crippen LogP contribution in [0.25, 0.3) is 0 Å². The van der Waals surface area contributed by atoms with Gasteiger partial charge in [-0.25, -0.2) is 0 Å². The van der Waals surface area contributed by atoms with E-state index in [0.717, 1.165) is 13.6 Å². The van der Waals surface area contributed by atoms with Gasteiger partial charge in [-0.3, -0.25) is 0 Å². The molecule has 1 aromatic rings. The fourth-order valence-corrected chi connectivity index (χ4v) is 109. The summed E-state index contributed by atoms with van der Waals surface area (Å²) in [5, 5.41) is 0. The fourth-order valence-electron chi connectivity index (χ4n) is 4.31. The first-order valence-electron chi connectivity index (χ1n) is 8.24. The van der Waals surface area contributed by atoms with Crippen molar-refractivity contribution in [1.82, 2.24) is 0 Å². The standard InChI is InChI=1S/C14H38P2SeSi4/c1-18(2,3)13(19(4,5)6)15-16(17-15)14(20(7,8)9)21(10,11)12/h13-14H,1-12H3. The van der Waals surface area contributed by atoms with E-state index in [1.54, 1.807) is 0 Å². The summed E-state index contributed by atoms with van der Waals surface area (Å²) in [7, 11) is -3.90. The van der Waals surface area contributed by atoms with Gasteiger partial charge in [0.15, 0.2) is 0 Å². The van der Waals surface area contributed by atoms with Gasteiger partial charge in [0.2, 0.25) is 0 Å². The molecule has 0 aromatic carbocycles. The van der Waals surface area contributed by atoms with Crippen LogP contribution in [-0.2, 0) is 0 Å². The Bertz CT molecular complexity index is 391. The molecule has 0 aliphatic heterocycles. The molecule has 2 atom stereocenters. The van der Waals surface area contributed by atoms with Gasteiger partial charge < -0.3 is 0 Å². The summed E-state index contributed by atoms with van der Waals surface area (Å²) in [5.74, 6) is 0.998. The molecule has 1 rings (SSSR count). The van der Waals surface area contributed by atoms with Gasteiger partial charge in [0.1, 0.15) is 0 Å². The maximum absolute atomic E-state index is 2.68. The second-order valence-corrected chi connectivity index (χ2v) is 52.5. The van der Waals surface area contributed by atoms with Crippen LogP contribution in [0.4, 0.5) is 0 Å². The average molecular weight is 460 g/mol. The van der Waals surface area contributed by atoms with Crippen LogP contribution in [0, 0.1) is 0 Å². The molecule has 0 radical (unpaired) electrons. The summed E-state index contributed by atoms with van der Waals surface area (Å²) in [6.07, 6.45) is 0. The van der Waals surface area contributed by atoms with Crippen molar-refractivity contribution >= 4 is 57.6 Å².